The van der Waals surface area contributed by atoms with E-state index < -0.39 is 0 Å². The second kappa shape index (κ2) is 7.27. The molecule has 2 N–H and O–H groups in total. The number of ether oxygens (including phenoxy) is 1. The first kappa shape index (κ1) is 17.8. The predicted octanol–water partition coefficient (Wildman–Crippen LogP) is 3.27. The molecule has 7 heteroatoms. The first-order valence-electron chi connectivity index (χ1n) is 9.60. The van der Waals surface area contributed by atoms with Crippen LogP contribution in [0.2, 0.25) is 0 Å². The third-order valence-electron chi connectivity index (χ3n) is 5.33. The van der Waals surface area contributed by atoms with Gasteiger partial charge in [-0.15, -0.1) is 0 Å². The van der Waals surface area contributed by atoms with Crippen molar-refractivity contribution >= 4 is 10.9 Å². The molecule has 1 fully saturated rings. The minimum atomic E-state index is -0.0258. The topological polar surface area (TPSA) is 88.6 Å². The second-order valence-electron chi connectivity index (χ2n) is 7.22. The molecule has 4 aromatic rings. The van der Waals surface area contributed by atoms with Crippen LogP contribution in [0, 0.1) is 5.21 Å². The first-order chi connectivity index (χ1) is 14.2. The summed E-state index contributed by atoms with van der Waals surface area (Å²) in [6.45, 7) is 3.86. The molecular weight excluding hydrogens is 370 g/mol. The second-order valence-corrected chi connectivity index (χ2v) is 7.22. The molecule has 0 spiro atoms. The molecule has 7 nitrogen and oxygen atoms in total. The number of benzene rings is 1. The molecule has 0 radical (unpaired) electrons. The first-order valence-corrected chi connectivity index (χ1v) is 9.60. The summed E-state index contributed by atoms with van der Waals surface area (Å²) in [6, 6.07) is 13.1. The molecule has 29 heavy (non-hydrogen) atoms. The van der Waals surface area contributed by atoms with Gasteiger partial charge in [-0.2, -0.15) is 4.73 Å². The van der Waals surface area contributed by atoms with Crippen molar-refractivity contribution in [2.45, 2.75) is 6.54 Å². The number of hydrogen-bond acceptors (Lipinski definition) is 5. The lowest BCUT2D eigenvalue weighted by atomic mass is 10.0. The summed E-state index contributed by atoms with van der Waals surface area (Å²) >= 11 is 0. The van der Waals surface area contributed by atoms with Crippen LogP contribution < -0.4 is 4.73 Å². The fourth-order valence-electron chi connectivity index (χ4n) is 3.86. The Hall–Kier alpha value is -3.29. The largest absolute Gasteiger partial charge is 0.618 e. The fraction of sp³-hybridized carbons (Fsp3) is 0.227. The molecule has 0 amide bonds. The number of nitrogens with zero attached hydrogens (tertiary/aromatic N) is 2. The minimum absolute atomic E-state index is 0.0258. The van der Waals surface area contributed by atoms with Crippen LogP contribution in [0.5, 0.6) is 5.88 Å². The Morgan fingerprint density at radius 1 is 1.14 bits per heavy atom. The van der Waals surface area contributed by atoms with Gasteiger partial charge in [0.1, 0.15) is 11.3 Å². The molecule has 0 unspecified atom stereocenters. The molecule has 0 atom stereocenters. The number of H-pyrrole nitrogens is 1. The van der Waals surface area contributed by atoms with Crippen molar-refractivity contribution in [2.75, 3.05) is 26.3 Å². The van der Waals surface area contributed by atoms with Crippen molar-refractivity contribution in [3.63, 3.8) is 0 Å². The van der Waals surface area contributed by atoms with Gasteiger partial charge in [0.05, 0.1) is 19.5 Å². The Morgan fingerprint density at radius 3 is 2.76 bits per heavy atom. The molecule has 148 valence electrons. The average molecular weight is 391 g/mol. The number of hydrogen-bond donors (Lipinski definition) is 2. The zero-order chi connectivity index (χ0) is 19.8. The van der Waals surface area contributed by atoms with E-state index in [-0.39, 0.29) is 5.88 Å². The van der Waals surface area contributed by atoms with Crippen molar-refractivity contribution in [3.8, 4) is 28.5 Å². The summed E-state index contributed by atoms with van der Waals surface area (Å²) in [5.41, 5.74) is 3.45. The van der Waals surface area contributed by atoms with Gasteiger partial charge in [-0.1, -0.05) is 0 Å². The highest BCUT2D eigenvalue weighted by Gasteiger charge is 2.21. The van der Waals surface area contributed by atoms with E-state index >= 15 is 0 Å². The highest BCUT2D eigenvalue weighted by atomic mass is 16.5. The number of furan rings is 1. The van der Waals surface area contributed by atoms with Crippen LogP contribution in [0.25, 0.3) is 33.5 Å². The van der Waals surface area contributed by atoms with E-state index in [0.29, 0.717) is 17.8 Å². The third-order valence-corrected chi connectivity index (χ3v) is 5.33. The monoisotopic (exact) mass is 391 g/mol. The zero-order valence-corrected chi connectivity index (χ0v) is 15.8. The molecule has 0 aliphatic carbocycles. The molecule has 0 saturated carbocycles. The zero-order valence-electron chi connectivity index (χ0n) is 15.8. The van der Waals surface area contributed by atoms with Crippen LogP contribution in [0.4, 0.5) is 0 Å². The van der Waals surface area contributed by atoms with Gasteiger partial charge < -0.3 is 24.5 Å². The smallest absolute Gasteiger partial charge is 0.229 e. The van der Waals surface area contributed by atoms with Gasteiger partial charge in [0.25, 0.3) is 0 Å². The molecule has 4 heterocycles. The maximum absolute atomic E-state index is 12.8. The summed E-state index contributed by atoms with van der Waals surface area (Å²) in [6.07, 6.45) is 3.20. The normalized spacial score (nSPS) is 15.2. The maximum Gasteiger partial charge on any atom is 0.229 e. The Labute approximate surface area is 167 Å². The number of rotatable bonds is 4. The van der Waals surface area contributed by atoms with Crippen molar-refractivity contribution in [2.24, 2.45) is 0 Å². The fourth-order valence-corrected chi connectivity index (χ4v) is 3.86. The molecule has 1 aliphatic heterocycles. The van der Waals surface area contributed by atoms with Gasteiger partial charge in [-0.05, 0) is 36.4 Å². The quantitative estimate of drug-likeness (QED) is 0.412. The highest BCUT2D eigenvalue weighted by molar-refractivity contribution is 5.99. The molecule has 0 bridgehead atoms. The number of aromatic hydroxyl groups is 1. The van der Waals surface area contributed by atoms with Gasteiger partial charge in [0.2, 0.25) is 11.6 Å². The maximum atomic E-state index is 12.8. The van der Waals surface area contributed by atoms with Gasteiger partial charge in [0, 0.05) is 47.7 Å². The van der Waals surface area contributed by atoms with E-state index in [0.717, 1.165) is 58.8 Å². The van der Waals surface area contributed by atoms with Crippen LogP contribution in [0.15, 0.2) is 59.3 Å². The van der Waals surface area contributed by atoms with Crippen LogP contribution in [-0.2, 0) is 11.3 Å². The van der Waals surface area contributed by atoms with E-state index in [4.69, 9.17) is 9.15 Å². The van der Waals surface area contributed by atoms with Gasteiger partial charge >= 0.3 is 0 Å². The lowest BCUT2D eigenvalue weighted by Gasteiger charge is -2.26. The van der Waals surface area contributed by atoms with E-state index in [1.165, 1.54) is 0 Å². The van der Waals surface area contributed by atoms with Crippen molar-refractivity contribution < 1.29 is 19.0 Å². The minimum Gasteiger partial charge on any atom is -0.618 e. The summed E-state index contributed by atoms with van der Waals surface area (Å²) in [5.74, 6) is 0.705. The lowest BCUT2D eigenvalue weighted by molar-refractivity contribution is -0.594. The van der Waals surface area contributed by atoms with E-state index in [2.05, 4.69) is 9.88 Å². The van der Waals surface area contributed by atoms with Gasteiger partial charge in [0.15, 0.2) is 6.20 Å². The summed E-state index contributed by atoms with van der Waals surface area (Å²) in [7, 11) is 0. The number of morpholine rings is 1. The van der Waals surface area contributed by atoms with E-state index in [1.54, 1.807) is 18.5 Å². The number of aromatic amines is 1. The molecule has 1 aliphatic rings. The molecule has 5 rings (SSSR count). The third kappa shape index (κ3) is 3.35. The molecule has 1 aromatic carbocycles. The van der Waals surface area contributed by atoms with Gasteiger partial charge in [-0.25, -0.2) is 0 Å². The SMILES string of the molecule is [O-][n+]1cc(CN2CCOCC2)ccc1-c1c(O)[nH]c2ccc(-c3ccco3)cc12. The van der Waals surface area contributed by atoms with Crippen molar-refractivity contribution in [1.82, 2.24) is 9.88 Å². The highest BCUT2D eigenvalue weighted by Crippen LogP contribution is 2.37. The predicted molar refractivity (Wildman–Crippen MR) is 108 cm³/mol. The molecular formula is C22H21N3O4. The standard InChI is InChI=1S/C22H21N3O4/c26-22-21(17-12-16(4-5-18(17)23-22)20-2-1-9-29-20)19-6-3-15(14-25(19)27)13-24-7-10-28-11-8-24/h1-6,9,12,14,23,26H,7-8,10-11,13H2. The number of aromatic nitrogens is 2. The molecule has 1 saturated heterocycles. The van der Waals surface area contributed by atoms with E-state index in [1.807, 2.05) is 36.4 Å². The Balaban J connectivity index is 1.52. The molecule has 3 aromatic heterocycles. The van der Waals surface area contributed by atoms with E-state index in [9.17, 15) is 10.3 Å². The van der Waals surface area contributed by atoms with Crippen molar-refractivity contribution in [1.29, 1.82) is 0 Å². The van der Waals surface area contributed by atoms with Crippen LogP contribution in [0.3, 0.4) is 0 Å². The van der Waals surface area contributed by atoms with Crippen LogP contribution in [-0.4, -0.2) is 41.3 Å². The summed E-state index contributed by atoms with van der Waals surface area (Å²) < 4.78 is 11.7. The summed E-state index contributed by atoms with van der Waals surface area (Å²) in [4.78, 5) is 5.22. The Bertz CT molecular complexity index is 1140. The van der Waals surface area contributed by atoms with Crippen molar-refractivity contribution in [3.05, 3.63) is 65.7 Å². The number of nitrogens with one attached hydrogen (secondary N) is 1. The number of pyridine rings is 1. The number of fused-ring (bicyclic) bond motifs is 1. The van der Waals surface area contributed by atoms with Crippen LogP contribution >= 0.6 is 0 Å². The van der Waals surface area contributed by atoms with Crippen LogP contribution in [0.1, 0.15) is 5.56 Å². The average Bonchev–Trinajstić information content (AvgIpc) is 3.36. The summed E-state index contributed by atoms with van der Waals surface area (Å²) in [5, 5.41) is 24.1. The lowest BCUT2D eigenvalue weighted by Crippen LogP contribution is -2.37. The van der Waals surface area contributed by atoms with Gasteiger partial charge in [-0.3, -0.25) is 4.90 Å². The Morgan fingerprint density at radius 2 is 2.00 bits per heavy atom. The Kier molecular flexibility index (Phi) is 4.46.